The van der Waals surface area contributed by atoms with E-state index in [9.17, 15) is 0 Å². The van der Waals surface area contributed by atoms with Gasteiger partial charge < -0.3 is 4.74 Å². The van der Waals surface area contributed by atoms with Crippen molar-refractivity contribution >= 4 is 21.4 Å². The summed E-state index contributed by atoms with van der Waals surface area (Å²) >= 11 is 1.77. The highest BCUT2D eigenvalue weighted by Gasteiger charge is 2.12. The van der Waals surface area contributed by atoms with Gasteiger partial charge in [-0.1, -0.05) is 0 Å². The fourth-order valence-corrected chi connectivity index (χ4v) is 3.19. The molecule has 0 spiro atoms. The number of hydrogen-bond donors (Lipinski definition) is 0. The van der Waals surface area contributed by atoms with Crippen molar-refractivity contribution in [3.8, 4) is 5.75 Å². The Morgan fingerprint density at radius 2 is 1.84 bits per heavy atom. The van der Waals surface area contributed by atoms with E-state index in [-0.39, 0.29) is 0 Å². The molecule has 1 aromatic carbocycles. The molecule has 0 fully saturated rings. The van der Waals surface area contributed by atoms with Crippen LogP contribution in [-0.4, -0.2) is 30.1 Å². The van der Waals surface area contributed by atoms with Gasteiger partial charge in [0.05, 0.1) is 0 Å². The molecule has 19 heavy (non-hydrogen) atoms. The molecular formula is C16H23NOS. The van der Waals surface area contributed by atoms with Crippen molar-refractivity contribution in [1.29, 1.82) is 0 Å². The summed E-state index contributed by atoms with van der Waals surface area (Å²) in [5.41, 5.74) is 0. The van der Waals surface area contributed by atoms with Crippen LogP contribution in [0.1, 0.15) is 27.7 Å². The van der Waals surface area contributed by atoms with Crippen LogP contribution in [0.3, 0.4) is 0 Å². The minimum atomic E-state index is 0.558. The van der Waals surface area contributed by atoms with Crippen molar-refractivity contribution in [2.24, 2.45) is 0 Å². The average molecular weight is 277 g/mol. The van der Waals surface area contributed by atoms with E-state index in [0.717, 1.165) is 18.9 Å². The molecule has 0 bridgehead atoms. The second-order valence-electron chi connectivity index (χ2n) is 5.39. The number of benzene rings is 1. The van der Waals surface area contributed by atoms with E-state index in [1.807, 2.05) is 0 Å². The lowest BCUT2D eigenvalue weighted by atomic mass is 10.2. The minimum Gasteiger partial charge on any atom is -0.492 e. The highest BCUT2D eigenvalue weighted by atomic mass is 32.1. The zero-order chi connectivity index (χ0) is 13.8. The molecule has 0 aliphatic rings. The molecule has 0 radical (unpaired) electrons. The standard InChI is InChI=1S/C16H23NOS/c1-12(2)17(13(3)4)8-9-18-15-5-6-16-14(11-15)7-10-19-16/h5-7,10-13H,8-9H2,1-4H3. The SMILES string of the molecule is CC(C)N(CCOc1ccc2sccc2c1)C(C)C. The Kier molecular flexibility index (Phi) is 4.83. The largest absolute Gasteiger partial charge is 0.492 e. The van der Waals surface area contributed by atoms with Crippen molar-refractivity contribution in [1.82, 2.24) is 4.90 Å². The fraction of sp³-hybridized carbons (Fsp3) is 0.500. The lowest BCUT2D eigenvalue weighted by molar-refractivity contribution is 0.142. The summed E-state index contributed by atoms with van der Waals surface area (Å²) in [6, 6.07) is 9.58. The number of ether oxygens (including phenoxy) is 1. The van der Waals surface area contributed by atoms with Crippen molar-refractivity contribution in [2.75, 3.05) is 13.2 Å². The van der Waals surface area contributed by atoms with Crippen LogP contribution in [0.15, 0.2) is 29.6 Å². The summed E-state index contributed by atoms with van der Waals surface area (Å²) in [7, 11) is 0. The van der Waals surface area contributed by atoms with Gasteiger partial charge in [0.15, 0.2) is 0 Å². The van der Waals surface area contributed by atoms with Gasteiger partial charge >= 0.3 is 0 Å². The van der Waals surface area contributed by atoms with Gasteiger partial charge in [0.1, 0.15) is 12.4 Å². The third kappa shape index (κ3) is 3.71. The van der Waals surface area contributed by atoms with Crippen LogP contribution in [0.2, 0.25) is 0 Å². The molecule has 0 aliphatic carbocycles. The number of hydrogen-bond acceptors (Lipinski definition) is 3. The van der Waals surface area contributed by atoms with Crippen LogP contribution in [-0.2, 0) is 0 Å². The average Bonchev–Trinajstić information content (AvgIpc) is 2.80. The van der Waals surface area contributed by atoms with Gasteiger partial charge in [0, 0.05) is 23.3 Å². The molecule has 0 amide bonds. The monoisotopic (exact) mass is 277 g/mol. The number of fused-ring (bicyclic) bond motifs is 1. The van der Waals surface area contributed by atoms with Gasteiger partial charge in [-0.25, -0.2) is 0 Å². The summed E-state index contributed by atoms with van der Waals surface area (Å²) < 4.78 is 7.20. The summed E-state index contributed by atoms with van der Waals surface area (Å²) in [6.45, 7) is 10.6. The summed E-state index contributed by atoms with van der Waals surface area (Å²) in [4.78, 5) is 2.45. The van der Waals surface area contributed by atoms with Crippen LogP contribution in [0.4, 0.5) is 0 Å². The van der Waals surface area contributed by atoms with Crippen molar-refractivity contribution < 1.29 is 4.74 Å². The molecule has 0 N–H and O–H groups in total. The van der Waals surface area contributed by atoms with Crippen molar-refractivity contribution in [3.63, 3.8) is 0 Å². The molecule has 1 aromatic heterocycles. The number of rotatable bonds is 6. The minimum absolute atomic E-state index is 0.558. The highest BCUT2D eigenvalue weighted by Crippen LogP contribution is 2.25. The normalized spacial score (nSPS) is 11.9. The van der Waals surface area contributed by atoms with Crippen molar-refractivity contribution in [2.45, 2.75) is 39.8 Å². The van der Waals surface area contributed by atoms with E-state index in [1.165, 1.54) is 10.1 Å². The first kappa shape index (κ1) is 14.4. The lowest BCUT2D eigenvalue weighted by Gasteiger charge is -2.30. The summed E-state index contributed by atoms with van der Waals surface area (Å²) in [5.74, 6) is 0.971. The predicted octanol–water partition coefficient (Wildman–Crippen LogP) is 4.40. The van der Waals surface area contributed by atoms with Crippen LogP contribution in [0, 0.1) is 0 Å². The molecule has 0 atom stereocenters. The molecule has 2 rings (SSSR count). The Labute approximate surface area is 120 Å². The molecule has 1 heterocycles. The molecule has 2 nitrogen and oxygen atoms in total. The van der Waals surface area contributed by atoms with E-state index in [4.69, 9.17) is 4.74 Å². The third-order valence-electron chi connectivity index (χ3n) is 3.37. The zero-order valence-corrected chi connectivity index (χ0v) is 13.0. The first-order valence-corrected chi connectivity index (χ1v) is 7.81. The topological polar surface area (TPSA) is 12.5 Å². The second kappa shape index (κ2) is 6.40. The Morgan fingerprint density at radius 1 is 1.11 bits per heavy atom. The van der Waals surface area contributed by atoms with Crippen LogP contribution >= 0.6 is 11.3 Å². The third-order valence-corrected chi connectivity index (χ3v) is 4.27. The first-order chi connectivity index (χ1) is 9.08. The Hall–Kier alpha value is -1.06. The van der Waals surface area contributed by atoms with Crippen molar-refractivity contribution in [3.05, 3.63) is 29.6 Å². The quantitative estimate of drug-likeness (QED) is 0.776. The maximum atomic E-state index is 5.88. The van der Waals surface area contributed by atoms with Gasteiger partial charge in [-0.3, -0.25) is 4.90 Å². The maximum absolute atomic E-state index is 5.88. The molecule has 0 aliphatic heterocycles. The van der Waals surface area contributed by atoms with Crippen LogP contribution < -0.4 is 4.74 Å². The molecule has 2 aromatic rings. The highest BCUT2D eigenvalue weighted by molar-refractivity contribution is 7.17. The molecular weight excluding hydrogens is 254 g/mol. The molecule has 0 unspecified atom stereocenters. The van der Waals surface area contributed by atoms with E-state index < -0.39 is 0 Å². The van der Waals surface area contributed by atoms with Gasteiger partial charge in [0.25, 0.3) is 0 Å². The van der Waals surface area contributed by atoms with Gasteiger partial charge in [-0.2, -0.15) is 0 Å². The number of thiophene rings is 1. The Bertz CT molecular complexity index is 510. The summed E-state index contributed by atoms with van der Waals surface area (Å²) in [6.07, 6.45) is 0. The first-order valence-electron chi connectivity index (χ1n) is 6.93. The molecule has 0 saturated heterocycles. The van der Waals surface area contributed by atoms with E-state index in [2.05, 4.69) is 62.2 Å². The van der Waals surface area contributed by atoms with E-state index in [0.29, 0.717) is 12.1 Å². The van der Waals surface area contributed by atoms with E-state index in [1.54, 1.807) is 11.3 Å². The van der Waals surface area contributed by atoms with Gasteiger partial charge in [0.2, 0.25) is 0 Å². The molecule has 0 saturated carbocycles. The Balaban J connectivity index is 1.91. The second-order valence-corrected chi connectivity index (χ2v) is 6.34. The Morgan fingerprint density at radius 3 is 2.53 bits per heavy atom. The van der Waals surface area contributed by atoms with E-state index >= 15 is 0 Å². The van der Waals surface area contributed by atoms with Crippen LogP contribution in [0.25, 0.3) is 10.1 Å². The zero-order valence-electron chi connectivity index (χ0n) is 12.2. The molecule has 104 valence electrons. The van der Waals surface area contributed by atoms with Crippen LogP contribution in [0.5, 0.6) is 5.75 Å². The predicted molar refractivity (Wildman–Crippen MR) is 84.3 cm³/mol. The number of nitrogens with zero attached hydrogens (tertiary/aromatic N) is 1. The fourth-order valence-electron chi connectivity index (χ4n) is 2.42. The van der Waals surface area contributed by atoms with Gasteiger partial charge in [-0.15, -0.1) is 11.3 Å². The van der Waals surface area contributed by atoms with Gasteiger partial charge in [-0.05, 0) is 62.7 Å². The molecule has 3 heteroatoms. The summed E-state index contributed by atoms with van der Waals surface area (Å²) in [5, 5.41) is 3.39. The smallest absolute Gasteiger partial charge is 0.120 e. The maximum Gasteiger partial charge on any atom is 0.120 e. The lowest BCUT2D eigenvalue weighted by Crippen LogP contribution is -2.39.